The van der Waals surface area contributed by atoms with Crippen molar-refractivity contribution in [2.75, 3.05) is 7.11 Å². The number of nitrogens with zero attached hydrogens (tertiary/aromatic N) is 1. The second-order valence-electron chi connectivity index (χ2n) is 7.31. The van der Waals surface area contributed by atoms with Crippen LogP contribution in [0, 0.1) is 5.82 Å². The van der Waals surface area contributed by atoms with Crippen molar-refractivity contribution in [3.63, 3.8) is 0 Å². The molecule has 0 unspecified atom stereocenters. The zero-order valence-electron chi connectivity index (χ0n) is 14.8. The minimum Gasteiger partial charge on any atom is -0.380 e. The van der Waals surface area contributed by atoms with Gasteiger partial charge < -0.3 is 4.74 Å². The molecule has 138 valence electrons. The quantitative estimate of drug-likeness (QED) is 0.467. The average Bonchev–Trinajstić information content (AvgIpc) is 3.39. The number of alkyl halides is 1. The largest absolute Gasteiger partial charge is 0.380 e. The number of aromatic nitrogens is 1. The van der Waals surface area contributed by atoms with Gasteiger partial charge in [-0.25, -0.2) is 4.39 Å². The molecular formula is C21H22BrClFNO. The first-order chi connectivity index (χ1) is 12.6. The number of methoxy groups -OCH3 is 1. The molecule has 2 nitrogen and oxygen atoms in total. The van der Waals surface area contributed by atoms with Crippen LogP contribution in [0.5, 0.6) is 0 Å². The summed E-state index contributed by atoms with van der Waals surface area (Å²) < 4.78 is 19.2. The van der Waals surface area contributed by atoms with E-state index in [1.165, 1.54) is 61.2 Å². The van der Waals surface area contributed by atoms with E-state index in [2.05, 4.69) is 15.9 Å². The van der Waals surface area contributed by atoms with E-state index in [1.807, 2.05) is 0 Å². The number of ether oxygens (including phenoxy) is 1. The topological polar surface area (TPSA) is 22.1 Å². The summed E-state index contributed by atoms with van der Waals surface area (Å²) in [6.07, 6.45) is 6.00. The third-order valence-corrected chi connectivity index (χ3v) is 6.41. The number of rotatable bonds is 6. The van der Waals surface area contributed by atoms with Gasteiger partial charge in [0.1, 0.15) is 5.82 Å². The van der Waals surface area contributed by atoms with Gasteiger partial charge in [0.2, 0.25) is 0 Å². The summed E-state index contributed by atoms with van der Waals surface area (Å²) >= 11 is 10.1. The van der Waals surface area contributed by atoms with Gasteiger partial charge in [0.05, 0.1) is 11.6 Å². The number of pyridine rings is 1. The first-order valence-electron chi connectivity index (χ1n) is 9.19. The fourth-order valence-corrected chi connectivity index (χ4v) is 4.69. The Balaban J connectivity index is 2.00. The van der Waals surface area contributed by atoms with Gasteiger partial charge >= 0.3 is 0 Å². The van der Waals surface area contributed by atoms with Gasteiger partial charge in [0.25, 0.3) is 0 Å². The Morgan fingerprint density at radius 3 is 2.38 bits per heavy atom. The van der Waals surface area contributed by atoms with Crippen LogP contribution in [0.2, 0.25) is 5.02 Å². The molecule has 0 radical (unpaired) electrons. The lowest BCUT2D eigenvalue weighted by molar-refractivity contribution is 0.182. The predicted molar refractivity (Wildman–Crippen MR) is 107 cm³/mol. The van der Waals surface area contributed by atoms with Gasteiger partial charge in [-0.1, -0.05) is 34.0 Å². The smallest absolute Gasteiger partial charge is 0.124 e. The first-order valence-corrected chi connectivity index (χ1v) is 10.7. The zero-order chi connectivity index (χ0) is 18.3. The third-order valence-electron chi connectivity index (χ3n) is 5.54. The van der Waals surface area contributed by atoms with Crippen molar-refractivity contribution in [3.8, 4) is 11.1 Å². The summed E-state index contributed by atoms with van der Waals surface area (Å²) in [6.45, 7) is 0.493. The van der Waals surface area contributed by atoms with Crippen molar-refractivity contribution >= 4 is 27.5 Å². The summed E-state index contributed by atoms with van der Waals surface area (Å²) in [5.74, 6) is 0.721. The summed E-state index contributed by atoms with van der Waals surface area (Å²) in [4.78, 5) is 5.15. The van der Waals surface area contributed by atoms with Gasteiger partial charge in [-0.2, -0.15) is 0 Å². The maximum atomic E-state index is 13.7. The van der Waals surface area contributed by atoms with E-state index in [0.29, 0.717) is 28.8 Å². The minimum atomic E-state index is -0.317. The van der Waals surface area contributed by atoms with E-state index in [1.54, 1.807) is 13.2 Å². The molecule has 2 aliphatic carbocycles. The van der Waals surface area contributed by atoms with Crippen molar-refractivity contribution in [1.29, 1.82) is 0 Å². The Bertz CT molecular complexity index is 833. The molecule has 0 aliphatic heterocycles. The third kappa shape index (κ3) is 3.32. The van der Waals surface area contributed by atoms with Crippen LogP contribution in [-0.2, 0) is 16.7 Å². The van der Waals surface area contributed by atoms with Crippen molar-refractivity contribution < 1.29 is 9.13 Å². The Kier molecular flexibility index (Phi) is 5.36. The highest BCUT2D eigenvalue weighted by atomic mass is 79.9. The van der Waals surface area contributed by atoms with Gasteiger partial charge in [0, 0.05) is 46.8 Å². The van der Waals surface area contributed by atoms with E-state index < -0.39 is 0 Å². The van der Waals surface area contributed by atoms with Crippen LogP contribution in [-0.4, -0.2) is 12.1 Å². The van der Waals surface area contributed by atoms with Crippen LogP contribution in [0.1, 0.15) is 66.5 Å². The number of halogens is 3. The number of hydrogen-bond acceptors (Lipinski definition) is 2. The van der Waals surface area contributed by atoms with Crippen LogP contribution in [0.4, 0.5) is 4.39 Å². The molecule has 2 aromatic rings. The van der Waals surface area contributed by atoms with E-state index in [4.69, 9.17) is 21.3 Å². The maximum Gasteiger partial charge on any atom is 0.124 e. The second kappa shape index (κ2) is 7.57. The summed E-state index contributed by atoms with van der Waals surface area (Å²) in [5, 5.41) is 1.15. The molecular weight excluding hydrogens is 417 g/mol. The molecule has 0 atom stereocenters. The molecule has 0 spiro atoms. The van der Waals surface area contributed by atoms with Crippen molar-refractivity contribution in [2.45, 2.75) is 55.9 Å². The molecule has 1 aromatic heterocycles. The Hall–Kier alpha value is -0.970. The zero-order valence-corrected chi connectivity index (χ0v) is 17.2. The minimum absolute atomic E-state index is 0.317. The molecule has 2 saturated carbocycles. The van der Waals surface area contributed by atoms with Gasteiger partial charge in [-0.3, -0.25) is 4.98 Å². The summed E-state index contributed by atoms with van der Waals surface area (Å²) in [7, 11) is 1.71. The Morgan fingerprint density at radius 2 is 1.85 bits per heavy atom. The summed E-state index contributed by atoms with van der Waals surface area (Å²) in [5.41, 5.74) is 6.62. The Morgan fingerprint density at radius 1 is 1.15 bits per heavy atom. The standard InChI is InChI=1S/C21H22BrClFNO/c1-26-11-17-19(15-8-7-14(24)9-18(15)23)16(10-22)20(13-5-6-13)25-21(17)12-3-2-4-12/h7-9,12-13H,2-6,10-11H2,1H3. The molecule has 2 fully saturated rings. The number of benzene rings is 1. The SMILES string of the molecule is COCc1c(C2CCC2)nc(C2CC2)c(CBr)c1-c1ccc(F)cc1Cl. The lowest BCUT2D eigenvalue weighted by Gasteiger charge is -2.30. The average molecular weight is 439 g/mol. The predicted octanol–water partition coefficient (Wildman–Crippen LogP) is 6.73. The molecule has 5 heteroatoms. The van der Waals surface area contributed by atoms with E-state index in [0.717, 1.165) is 16.7 Å². The number of hydrogen-bond donors (Lipinski definition) is 0. The van der Waals surface area contributed by atoms with Crippen LogP contribution >= 0.6 is 27.5 Å². The highest BCUT2D eigenvalue weighted by molar-refractivity contribution is 9.08. The highest BCUT2D eigenvalue weighted by Crippen LogP contribution is 2.48. The van der Waals surface area contributed by atoms with Crippen molar-refractivity contribution in [3.05, 3.63) is 51.6 Å². The van der Waals surface area contributed by atoms with Gasteiger partial charge in [-0.05, 0) is 55.0 Å². The molecule has 0 bridgehead atoms. The van der Waals surface area contributed by atoms with E-state index >= 15 is 0 Å². The monoisotopic (exact) mass is 437 g/mol. The van der Waals surface area contributed by atoms with Crippen LogP contribution in [0.15, 0.2) is 18.2 Å². The molecule has 1 heterocycles. The molecule has 26 heavy (non-hydrogen) atoms. The van der Waals surface area contributed by atoms with Crippen molar-refractivity contribution in [1.82, 2.24) is 4.98 Å². The van der Waals surface area contributed by atoms with Gasteiger partial charge in [0.15, 0.2) is 0 Å². The van der Waals surface area contributed by atoms with Crippen LogP contribution < -0.4 is 0 Å². The fraction of sp³-hybridized carbons (Fsp3) is 0.476. The van der Waals surface area contributed by atoms with Crippen LogP contribution in [0.25, 0.3) is 11.1 Å². The molecule has 0 N–H and O–H groups in total. The molecule has 1 aromatic carbocycles. The van der Waals surface area contributed by atoms with Crippen molar-refractivity contribution in [2.24, 2.45) is 0 Å². The fourth-order valence-electron chi connectivity index (χ4n) is 3.86. The second-order valence-corrected chi connectivity index (χ2v) is 8.28. The maximum absolute atomic E-state index is 13.7. The first kappa shape index (κ1) is 18.4. The van der Waals surface area contributed by atoms with Gasteiger partial charge in [-0.15, -0.1) is 0 Å². The molecule has 2 aliphatic rings. The lowest BCUT2D eigenvalue weighted by atomic mass is 9.78. The van der Waals surface area contributed by atoms with E-state index in [9.17, 15) is 4.39 Å². The lowest BCUT2D eigenvalue weighted by Crippen LogP contribution is -2.17. The summed E-state index contributed by atoms with van der Waals surface area (Å²) in [6, 6.07) is 4.67. The molecule has 0 amide bonds. The van der Waals surface area contributed by atoms with Crippen LogP contribution in [0.3, 0.4) is 0 Å². The van der Waals surface area contributed by atoms with E-state index in [-0.39, 0.29) is 5.82 Å². The normalized spacial score (nSPS) is 17.4. The Labute approximate surface area is 167 Å². The molecule has 4 rings (SSSR count). The molecule has 0 saturated heterocycles. The highest BCUT2D eigenvalue weighted by Gasteiger charge is 2.34.